The standard InChI is InChI=1S/C12H15NO3S/c1-7-11(14)13-12(17-7)8-5-4-6-9(15-2)10(8)16-3/h4-7,12H,1-3H3,(H,13,14). The molecule has 0 radical (unpaired) electrons. The SMILES string of the molecule is COc1cccc(C2NC(=O)C(C)S2)c1OC. The van der Waals surface area contributed by atoms with E-state index in [1.807, 2.05) is 25.1 Å². The molecule has 1 aromatic rings. The van der Waals surface area contributed by atoms with E-state index >= 15 is 0 Å². The molecular weight excluding hydrogens is 238 g/mol. The zero-order valence-corrected chi connectivity index (χ0v) is 10.8. The lowest BCUT2D eigenvalue weighted by Crippen LogP contribution is -2.22. The van der Waals surface area contributed by atoms with E-state index in [1.54, 1.807) is 26.0 Å². The van der Waals surface area contributed by atoms with Crippen molar-refractivity contribution in [1.29, 1.82) is 0 Å². The van der Waals surface area contributed by atoms with Crippen molar-refractivity contribution >= 4 is 17.7 Å². The molecule has 1 fully saturated rings. The van der Waals surface area contributed by atoms with Crippen LogP contribution in [0.15, 0.2) is 18.2 Å². The second-order valence-electron chi connectivity index (χ2n) is 3.75. The summed E-state index contributed by atoms with van der Waals surface area (Å²) in [4.78, 5) is 11.5. The topological polar surface area (TPSA) is 47.6 Å². The van der Waals surface area contributed by atoms with E-state index in [0.29, 0.717) is 11.5 Å². The number of carbonyl (C=O) groups is 1. The Kier molecular flexibility index (Phi) is 3.47. The third-order valence-corrected chi connectivity index (χ3v) is 3.96. The van der Waals surface area contributed by atoms with Gasteiger partial charge in [-0.2, -0.15) is 0 Å². The lowest BCUT2D eigenvalue weighted by atomic mass is 10.1. The Morgan fingerprint density at radius 2 is 2.06 bits per heavy atom. The molecule has 0 aliphatic carbocycles. The molecule has 0 spiro atoms. The van der Waals surface area contributed by atoms with Gasteiger partial charge in [0.25, 0.3) is 0 Å². The largest absolute Gasteiger partial charge is 0.493 e. The molecule has 0 saturated carbocycles. The Hall–Kier alpha value is -1.36. The molecule has 0 aromatic heterocycles. The van der Waals surface area contributed by atoms with Gasteiger partial charge in [0.05, 0.1) is 19.5 Å². The number of hydrogen-bond acceptors (Lipinski definition) is 4. The van der Waals surface area contributed by atoms with Crippen LogP contribution in [0.3, 0.4) is 0 Å². The Labute approximate surface area is 105 Å². The smallest absolute Gasteiger partial charge is 0.234 e. The quantitative estimate of drug-likeness (QED) is 0.894. The lowest BCUT2D eigenvalue weighted by molar-refractivity contribution is -0.119. The van der Waals surface area contributed by atoms with E-state index in [-0.39, 0.29) is 16.5 Å². The summed E-state index contributed by atoms with van der Waals surface area (Å²) in [5.74, 6) is 1.42. The average molecular weight is 253 g/mol. The minimum absolute atomic E-state index is 0.0316. The molecule has 17 heavy (non-hydrogen) atoms. The summed E-state index contributed by atoms with van der Waals surface area (Å²) in [5, 5.41) is 2.84. The summed E-state index contributed by atoms with van der Waals surface area (Å²) < 4.78 is 10.6. The molecule has 2 atom stereocenters. The van der Waals surface area contributed by atoms with Gasteiger partial charge in [-0.15, -0.1) is 11.8 Å². The summed E-state index contributed by atoms with van der Waals surface area (Å²) in [5.41, 5.74) is 0.939. The fourth-order valence-electron chi connectivity index (χ4n) is 1.82. The van der Waals surface area contributed by atoms with Gasteiger partial charge in [-0.25, -0.2) is 0 Å². The molecule has 4 nitrogen and oxygen atoms in total. The zero-order chi connectivity index (χ0) is 12.4. The van der Waals surface area contributed by atoms with Crippen molar-refractivity contribution in [3.63, 3.8) is 0 Å². The molecule has 0 bridgehead atoms. The second-order valence-corrected chi connectivity index (χ2v) is 5.20. The number of ether oxygens (including phenoxy) is 2. The third-order valence-electron chi connectivity index (χ3n) is 2.70. The molecule has 1 saturated heterocycles. The van der Waals surface area contributed by atoms with Crippen molar-refractivity contribution in [2.45, 2.75) is 17.5 Å². The first-order valence-corrected chi connectivity index (χ1v) is 6.28. The van der Waals surface area contributed by atoms with Crippen LogP contribution in [-0.4, -0.2) is 25.4 Å². The predicted molar refractivity (Wildman–Crippen MR) is 67.5 cm³/mol. The molecule has 5 heteroatoms. The molecule has 1 heterocycles. The monoisotopic (exact) mass is 253 g/mol. The van der Waals surface area contributed by atoms with Crippen LogP contribution >= 0.6 is 11.8 Å². The van der Waals surface area contributed by atoms with Gasteiger partial charge in [0.15, 0.2) is 11.5 Å². The van der Waals surface area contributed by atoms with Crippen LogP contribution in [0.25, 0.3) is 0 Å². The lowest BCUT2D eigenvalue weighted by Gasteiger charge is -2.16. The maximum Gasteiger partial charge on any atom is 0.234 e. The Balaban J connectivity index is 2.35. The van der Waals surface area contributed by atoms with E-state index in [0.717, 1.165) is 5.56 Å². The molecule has 1 aliphatic rings. The summed E-state index contributed by atoms with van der Waals surface area (Å²) in [6, 6.07) is 5.68. The number of hydrogen-bond donors (Lipinski definition) is 1. The second kappa shape index (κ2) is 4.87. The Bertz CT molecular complexity index is 436. The number of nitrogens with one attached hydrogen (secondary N) is 1. The molecular formula is C12H15NO3S. The van der Waals surface area contributed by atoms with E-state index < -0.39 is 0 Å². The van der Waals surface area contributed by atoms with Crippen molar-refractivity contribution in [1.82, 2.24) is 5.32 Å². The number of para-hydroxylation sites is 1. The van der Waals surface area contributed by atoms with E-state index in [4.69, 9.17) is 9.47 Å². The number of benzene rings is 1. The summed E-state index contributed by atoms with van der Waals surface area (Å²) in [7, 11) is 3.21. The molecule has 2 unspecified atom stereocenters. The van der Waals surface area contributed by atoms with E-state index in [1.165, 1.54) is 0 Å². The van der Waals surface area contributed by atoms with Crippen LogP contribution in [0.5, 0.6) is 11.5 Å². The normalized spacial score (nSPS) is 23.4. The first-order chi connectivity index (χ1) is 8.17. The van der Waals surface area contributed by atoms with Crippen LogP contribution in [0.2, 0.25) is 0 Å². The molecule has 2 rings (SSSR count). The van der Waals surface area contributed by atoms with Gasteiger partial charge in [0.2, 0.25) is 5.91 Å². The Morgan fingerprint density at radius 1 is 1.29 bits per heavy atom. The molecule has 1 amide bonds. The highest BCUT2D eigenvalue weighted by molar-refractivity contribution is 8.01. The van der Waals surface area contributed by atoms with E-state index in [2.05, 4.69) is 5.32 Å². The van der Waals surface area contributed by atoms with Crippen molar-refractivity contribution in [3.8, 4) is 11.5 Å². The van der Waals surface area contributed by atoms with Gasteiger partial charge in [-0.05, 0) is 13.0 Å². The highest BCUT2D eigenvalue weighted by Crippen LogP contribution is 2.42. The summed E-state index contributed by atoms with van der Waals surface area (Å²) in [6.07, 6.45) is 0. The fourth-order valence-corrected chi connectivity index (χ4v) is 2.93. The van der Waals surface area contributed by atoms with Gasteiger partial charge in [-0.1, -0.05) is 12.1 Å². The fraction of sp³-hybridized carbons (Fsp3) is 0.417. The van der Waals surface area contributed by atoms with E-state index in [9.17, 15) is 4.79 Å². The number of methoxy groups -OCH3 is 2. The predicted octanol–water partition coefficient (Wildman–Crippen LogP) is 1.95. The van der Waals surface area contributed by atoms with Crippen LogP contribution in [0.4, 0.5) is 0 Å². The number of amides is 1. The number of rotatable bonds is 3. The van der Waals surface area contributed by atoms with Gasteiger partial charge >= 0.3 is 0 Å². The molecule has 1 N–H and O–H groups in total. The molecule has 1 aromatic carbocycles. The van der Waals surface area contributed by atoms with Gasteiger partial charge in [0, 0.05) is 5.56 Å². The summed E-state index contributed by atoms with van der Waals surface area (Å²) in [6.45, 7) is 1.90. The van der Waals surface area contributed by atoms with Crippen LogP contribution in [0, 0.1) is 0 Å². The maximum atomic E-state index is 11.5. The van der Waals surface area contributed by atoms with Crippen LogP contribution in [0.1, 0.15) is 17.9 Å². The first kappa shape index (κ1) is 12.1. The molecule has 1 aliphatic heterocycles. The molecule has 92 valence electrons. The first-order valence-electron chi connectivity index (χ1n) is 5.34. The summed E-state index contributed by atoms with van der Waals surface area (Å²) >= 11 is 1.58. The van der Waals surface area contributed by atoms with Gasteiger partial charge < -0.3 is 14.8 Å². The van der Waals surface area contributed by atoms with Crippen molar-refractivity contribution in [2.75, 3.05) is 14.2 Å². The third kappa shape index (κ3) is 2.20. The van der Waals surface area contributed by atoms with Crippen LogP contribution < -0.4 is 14.8 Å². The zero-order valence-electron chi connectivity index (χ0n) is 10.0. The van der Waals surface area contributed by atoms with Crippen molar-refractivity contribution in [3.05, 3.63) is 23.8 Å². The van der Waals surface area contributed by atoms with Crippen molar-refractivity contribution < 1.29 is 14.3 Å². The minimum Gasteiger partial charge on any atom is -0.493 e. The average Bonchev–Trinajstić information content (AvgIpc) is 2.68. The van der Waals surface area contributed by atoms with Gasteiger partial charge in [-0.3, -0.25) is 4.79 Å². The minimum atomic E-state index is -0.0671. The van der Waals surface area contributed by atoms with Crippen molar-refractivity contribution in [2.24, 2.45) is 0 Å². The highest BCUT2D eigenvalue weighted by Gasteiger charge is 2.32. The van der Waals surface area contributed by atoms with Crippen LogP contribution in [-0.2, 0) is 4.79 Å². The number of carbonyl (C=O) groups excluding carboxylic acids is 1. The highest BCUT2D eigenvalue weighted by atomic mass is 32.2. The van der Waals surface area contributed by atoms with Gasteiger partial charge in [0.1, 0.15) is 5.37 Å². The number of thioether (sulfide) groups is 1. The maximum absolute atomic E-state index is 11.5. The Morgan fingerprint density at radius 3 is 2.59 bits per heavy atom.